The monoisotopic (exact) mass is 392 g/mol. The van der Waals surface area contributed by atoms with Gasteiger partial charge in [-0.15, -0.1) is 0 Å². The van der Waals surface area contributed by atoms with Crippen LogP contribution in [0, 0.1) is 6.92 Å². The van der Waals surface area contributed by atoms with E-state index in [1.807, 2.05) is 48.5 Å². The Bertz CT molecular complexity index is 991. The lowest BCUT2D eigenvalue weighted by atomic mass is 10.1. The molecule has 2 N–H and O–H groups in total. The van der Waals surface area contributed by atoms with E-state index >= 15 is 0 Å². The van der Waals surface area contributed by atoms with Gasteiger partial charge in [-0.25, -0.2) is 9.97 Å². The molecule has 0 aliphatic heterocycles. The number of aromatic nitrogens is 2. The lowest BCUT2D eigenvalue weighted by Gasteiger charge is -2.10. The van der Waals surface area contributed by atoms with E-state index in [1.165, 1.54) is 0 Å². The van der Waals surface area contributed by atoms with Crippen LogP contribution in [-0.4, -0.2) is 36.6 Å². The van der Waals surface area contributed by atoms with Crippen LogP contribution < -0.4 is 20.1 Å². The first-order chi connectivity index (χ1) is 14.1. The van der Waals surface area contributed by atoms with Gasteiger partial charge < -0.3 is 20.1 Å². The first-order valence-corrected chi connectivity index (χ1v) is 9.25. The summed E-state index contributed by atoms with van der Waals surface area (Å²) in [7, 11) is 3.25. The standard InChI is InChI=1S/C22H24N4O3/c1-15-24-20(14-21(25-15)26-17-7-5-9-19(13-17)29-3)22(27)23-11-10-16-6-4-8-18(12-16)28-2/h4-9,12-14H,10-11H2,1-3H3,(H,23,27)(H,24,25,26). The predicted molar refractivity (Wildman–Crippen MR) is 112 cm³/mol. The summed E-state index contributed by atoms with van der Waals surface area (Å²) in [6.07, 6.45) is 0.696. The highest BCUT2D eigenvalue weighted by molar-refractivity contribution is 5.93. The van der Waals surface area contributed by atoms with E-state index in [9.17, 15) is 4.79 Å². The van der Waals surface area contributed by atoms with Crippen molar-refractivity contribution in [2.45, 2.75) is 13.3 Å². The number of nitrogens with zero attached hydrogens (tertiary/aromatic N) is 2. The topological polar surface area (TPSA) is 85.4 Å². The molecule has 0 saturated carbocycles. The summed E-state index contributed by atoms with van der Waals surface area (Å²) in [4.78, 5) is 21.2. The molecule has 1 heterocycles. The summed E-state index contributed by atoms with van der Waals surface area (Å²) >= 11 is 0. The van der Waals surface area contributed by atoms with Crippen LogP contribution in [0.1, 0.15) is 21.9 Å². The summed E-state index contributed by atoms with van der Waals surface area (Å²) in [5.74, 6) is 2.34. The molecule has 0 fully saturated rings. The Morgan fingerprint density at radius 2 is 1.69 bits per heavy atom. The number of hydrogen-bond acceptors (Lipinski definition) is 6. The van der Waals surface area contributed by atoms with Crippen molar-refractivity contribution < 1.29 is 14.3 Å². The van der Waals surface area contributed by atoms with E-state index in [4.69, 9.17) is 9.47 Å². The minimum absolute atomic E-state index is 0.243. The predicted octanol–water partition coefficient (Wildman–Crippen LogP) is 3.52. The smallest absolute Gasteiger partial charge is 0.270 e. The molecule has 7 heteroatoms. The summed E-state index contributed by atoms with van der Waals surface area (Å²) in [5.41, 5.74) is 2.21. The van der Waals surface area contributed by atoms with Crippen LogP contribution >= 0.6 is 0 Å². The zero-order valence-electron chi connectivity index (χ0n) is 16.7. The quantitative estimate of drug-likeness (QED) is 0.610. The number of anilines is 2. The maximum atomic E-state index is 12.5. The average Bonchev–Trinajstić information content (AvgIpc) is 2.73. The minimum Gasteiger partial charge on any atom is -0.497 e. The molecule has 7 nitrogen and oxygen atoms in total. The SMILES string of the molecule is COc1cccc(CCNC(=O)c2cc(Nc3cccc(OC)c3)nc(C)n2)c1. The van der Waals surface area contributed by atoms with Crippen LogP contribution in [0.2, 0.25) is 0 Å². The molecule has 1 aromatic heterocycles. The highest BCUT2D eigenvalue weighted by Crippen LogP contribution is 2.20. The largest absolute Gasteiger partial charge is 0.497 e. The molecule has 3 aromatic rings. The van der Waals surface area contributed by atoms with Crippen molar-refractivity contribution in [1.29, 1.82) is 0 Å². The molecule has 3 rings (SSSR count). The van der Waals surface area contributed by atoms with Gasteiger partial charge in [0.05, 0.1) is 14.2 Å². The van der Waals surface area contributed by atoms with Gasteiger partial charge in [-0.05, 0) is 43.2 Å². The number of carbonyl (C=O) groups is 1. The number of nitrogens with one attached hydrogen (secondary N) is 2. The number of amides is 1. The van der Waals surface area contributed by atoms with Crippen molar-refractivity contribution in [1.82, 2.24) is 15.3 Å². The van der Waals surface area contributed by atoms with Crippen molar-refractivity contribution in [3.63, 3.8) is 0 Å². The van der Waals surface area contributed by atoms with Gasteiger partial charge in [0.1, 0.15) is 28.8 Å². The maximum Gasteiger partial charge on any atom is 0.270 e. The molecule has 150 valence electrons. The van der Waals surface area contributed by atoms with Gasteiger partial charge in [0.15, 0.2) is 0 Å². The average molecular weight is 392 g/mol. The van der Waals surface area contributed by atoms with Crippen molar-refractivity contribution in [2.75, 3.05) is 26.1 Å². The normalized spacial score (nSPS) is 10.3. The lowest BCUT2D eigenvalue weighted by Crippen LogP contribution is -2.27. The zero-order chi connectivity index (χ0) is 20.6. The molecular formula is C22H24N4O3. The Hall–Kier alpha value is -3.61. The van der Waals surface area contributed by atoms with Crippen LogP contribution in [0.3, 0.4) is 0 Å². The van der Waals surface area contributed by atoms with Crippen LogP contribution in [-0.2, 0) is 6.42 Å². The van der Waals surface area contributed by atoms with Crippen molar-refractivity contribution >= 4 is 17.4 Å². The second-order valence-corrected chi connectivity index (χ2v) is 6.40. The molecule has 1 amide bonds. The zero-order valence-corrected chi connectivity index (χ0v) is 16.7. The molecule has 0 spiro atoms. The number of aryl methyl sites for hydroxylation is 1. The number of rotatable bonds is 8. The highest BCUT2D eigenvalue weighted by Gasteiger charge is 2.11. The minimum atomic E-state index is -0.243. The second kappa shape index (κ2) is 9.54. The van der Waals surface area contributed by atoms with Gasteiger partial charge in [0.2, 0.25) is 0 Å². The maximum absolute atomic E-state index is 12.5. The number of methoxy groups -OCH3 is 2. The van der Waals surface area contributed by atoms with Gasteiger partial charge in [0, 0.05) is 24.4 Å². The van der Waals surface area contributed by atoms with Crippen molar-refractivity contribution in [2.24, 2.45) is 0 Å². The molecule has 29 heavy (non-hydrogen) atoms. The molecule has 0 unspecified atom stereocenters. The van der Waals surface area contributed by atoms with Gasteiger partial charge in [0.25, 0.3) is 5.91 Å². The van der Waals surface area contributed by atoms with Crippen LogP contribution in [0.4, 0.5) is 11.5 Å². The Balaban J connectivity index is 1.64. The fraction of sp³-hybridized carbons (Fsp3) is 0.227. The molecule has 0 radical (unpaired) electrons. The Morgan fingerprint density at radius 3 is 2.45 bits per heavy atom. The number of benzene rings is 2. The summed E-state index contributed by atoms with van der Waals surface area (Å²) in [5, 5.41) is 6.09. The number of hydrogen-bond donors (Lipinski definition) is 2. The van der Waals surface area contributed by atoms with Gasteiger partial charge >= 0.3 is 0 Å². The van der Waals surface area contributed by atoms with Gasteiger partial charge in [-0.2, -0.15) is 0 Å². The molecule has 0 aliphatic rings. The second-order valence-electron chi connectivity index (χ2n) is 6.40. The summed E-state index contributed by atoms with van der Waals surface area (Å²) in [6, 6.07) is 16.9. The lowest BCUT2D eigenvalue weighted by molar-refractivity contribution is 0.0949. The molecule has 0 aliphatic carbocycles. The third-order valence-corrected chi connectivity index (χ3v) is 4.25. The van der Waals surface area contributed by atoms with Gasteiger partial charge in [-0.1, -0.05) is 18.2 Å². The molecule has 0 bridgehead atoms. The Labute approximate surface area is 170 Å². The first kappa shape index (κ1) is 20.1. The van der Waals surface area contributed by atoms with Gasteiger partial charge in [-0.3, -0.25) is 4.79 Å². The van der Waals surface area contributed by atoms with E-state index < -0.39 is 0 Å². The van der Waals surface area contributed by atoms with E-state index in [-0.39, 0.29) is 5.91 Å². The number of carbonyl (C=O) groups excluding carboxylic acids is 1. The Kier molecular flexibility index (Phi) is 6.63. The van der Waals surface area contributed by atoms with E-state index in [0.717, 1.165) is 22.7 Å². The van der Waals surface area contributed by atoms with Crippen molar-refractivity contribution in [3.05, 3.63) is 71.7 Å². The third kappa shape index (κ3) is 5.68. The fourth-order valence-electron chi connectivity index (χ4n) is 2.84. The van der Waals surface area contributed by atoms with E-state index in [1.54, 1.807) is 27.2 Å². The van der Waals surface area contributed by atoms with E-state index in [0.29, 0.717) is 30.3 Å². The molecular weight excluding hydrogens is 368 g/mol. The summed E-state index contributed by atoms with van der Waals surface area (Å²) < 4.78 is 10.5. The summed E-state index contributed by atoms with van der Waals surface area (Å²) in [6.45, 7) is 2.25. The Morgan fingerprint density at radius 1 is 0.966 bits per heavy atom. The fourth-order valence-corrected chi connectivity index (χ4v) is 2.84. The van der Waals surface area contributed by atoms with E-state index in [2.05, 4.69) is 20.6 Å². The third-order valence-electron chi connectivity index (χ3n) is 4.25. The molecule has 0 saturated heterocycles. The van der Waals surface area contributed by atoms with Crippen LogP contribution in [0.15, 0.2) is 54.6 Å². The molecule has 2 aromatic carbocycles. The number of ether oxygens (including phenoxy) is 2. The van der Waals surface area contributed by atoms with Crippen LogP contribution in [0.5, 0.6) is 11.5 Å². The van der Waals surface area contributed by atoms with Crippen molar-refractivity contribution in [3.8, 4) is 11.5 Å². The first-order valence-electron chi connectivity index (χ1n) is 9.25. The highest BCUT2D eigenvalue weighted by atomic mass is 16.5. The van der Waals surface area contributed by atoms with Crippen LogP contribution in [0.25, 0.3) is 0 Å². The molecule has 0 atom stereocenters.